The van der Waals surface area contributed by atoms with Gasteiger partial charge in [-0.3, -0.25) is 9.59 Å². The number of carbonyl (C=O) groups is 1. The molecule has 2 aliphatic rings. The molecule has 0 aliphatic carbocycles. The van der Waals surface area contributed by atoms with Gasteiger partial charge in [0.2, 0.25) is 5.91 Å². The molecule has 1 amide bonds. The van der Waals surface area contributed by atoms with Gasteiger partial charge in [0, 0.05) is 6.54 Å². The quantitative estimate of drug-likeness (QED) is 0.785. The maximum atomic E-state index is 13.0. The molecule has 1 atom stereocenters. The number of aromatic nitrogens is 6. The number of aryl methyl sites for hydroxylation is 2. The number of hydrogen-bond acceptors (Lipinski definition) is 6. The van der Waals surface area contributed by atoms with Crippen molar-refractivity contribution in [2.45, 2.75) is 51.7 Å². The number of hydrogen-bond donors (Lipinski definition) is 1. The van der Waals surface area contributed by atoms with Crippen LogP contribution in [0.2, 0.25) is 0 Å². The van der Waals surface area contributed by atoms with Crippen LogP contribution in [-0.4, -0.2) is 41.0 Å². The van der Waals surface area contributed by atoms with Crippen molar-refractivity contribution in [1.82, 2.24) is 35.1 Å². The molecule has 0 radical (unpaired) electrons. The van der Waals surface area contributed by atoms with E-state index in [1.807, 2.05) is 0 Å². The van der Waals surface area contributed by atoms with Crippen molar-refractivity contribution in [3.63, 3.8) is 0 Å². The Kier molecular flexibility index (Phi) is 3.21. The molecule has 23 heavy (non-hydrogen) atoms. The highest BCUT2D eigenvalue weighted by Crippen LogP contribution is 2.29. The van der Waals surface area contributed by atoms with Gasteiger partial charge in [-0.25, -0.2) is 9.67 Å². The van der Waals surface area contributed by atoms with Crippen LogP contribution in [0.5, 0.6) is 0 Å². The van der Waals surface area contributed by atoms with Crippen LogP contribution in [-0.2, 0) is 24.4 Å². The minimum Gasteiger partial charge on any atom is -0.332 e. The highest BCUT2D eigenvalue weighted by Gasteiger charge is 2.35. The van der Waals surface area contributed by atoms with Crippen molar-refractivity contribution >= 4 is 5.91 Å². The summed E-state index contributed by atoms with van der Waals surface area (Å²) in [4.78, 5) is 33.7. The first kappa shape index (κ1) is 14.0. The lowest BCUT2D eigenvalue weighted by Gasteiger charge is -2.20. The molecule has 9 nitrogen and oxygen atoms in total. The minimum absolute atomic E-state index is 0.0296. The molecule has 0 spiro atoms. The third-order valence-electron chi connectivity index (χ3n) is 4.50. The molecule has 0 aromatic carbocycles. The molecule has 4 heterocycles. The molecule has 4 rings (SSSR count). The Labute approximate surface area is 131 Å². The second-order valence-electron chi connectivity index (χ2n) is 6.08. The molecule has 0 saturated heterocycles. The molecule has 120 valence electrons. The van der Waals surface area contributed by atoms with E-state index < -0.39 is 0 Å². The van der Waals surface area contributed by atoms with E-state index in [1.165, 1.54) is 0 Å². The van der Waals surface area contributed by atoms with Crippen LogP contribution in [0, 0.1) is 6.92 Å². The number of carbonyl (C=O) groups excluding carboxylic acids is 1. The summed E-state index contributed by atoms with van der Waals surface area (Å²) in [7, 11) is 0. The van der Waals surface area contributed by atoms with Crippen molar-refractivity contribution in [1.29, 1.82) is 0 Å². The number of fused-ring (bicyclic) bond motifs is 2. The molecular weight excluding hydrogens is 298 g/mol. The number of amides is 1. The van der Waals surface area contributed by atoms with E-state index in [4.69, 9.17) is 0 Å². The van der Waals surface area contributed by atoms with Gasteiger partial charge in [-0.05, 0) is 30.2 Å². The van der Waals surface area contributed by atoms with E-state index in [1.54, 1.807) is 16.5 Å². The summed E-state index contributed by atoms with van der Waals surface area (Å²) in [6.07, 6.45) is 2.64. The molecule has 0 bridgehead atoms. The summed E-state index contributed by atoms with van der Waals surface area (Å²) in [5, 5.41) is 11.7. The van der Waals surface area contributed by atoms with Gasteiger partial charge in [-0.1, -0.05) is 6.42 Å². The minimum atomic E-state index is -0.345. The van der Waals surface area contributed by atoms with E-state index >= 15 is 0 Å². The first-order chi connectivity index (χ1) is 11.1. The van der Waals surface area contributed by atoms with Crippen molar-refractivity contribution in [2.75, 3.05) is 0 Å². The summed E-state index contributed by atoms with van der Waals surface area (Å²) < 4.78 is 1.72. The molecule has 0 fully saturated rings. The molecule has 2 aromatic heterocycles. The smallest absolute Gasteiger partial charge is 0.256 e. The van der Waals surface area contributed by atoms with Crippen molar-refractivity contribution in [3.8, 4) is 0 Å². The van der Waals surface area contributed by atoms with E-state index in [0.717, 1.165) is 25.8 Å². The predicted molar refractivity (Wildman–Crippen MR) is 78.3 cm³/mol. The van der Waals surface area contributed by atoms with Crippen LogP contribution in [0.15, 0.2) is 4.79 Å². The number of H-pyrrole nitrogens is 1. The van der Waals surface area contributed by atoms with Gasteiger partial charge in [0.05, 0.1) is 30.3 Å². The van der Waals surface area contributed by atoms with Crippen molar-refractivity contribution < 1.29 is 4.79 Å². The van der Waals surface area contributed by atoms with E-state index in [2.05, 4.69) is 25.5 Å². The molecule has 0 saturated carbocycles. The summed E-state index contributed by atoms with van der Waals surface area (Å²) in [5.41, 5.74) is 1.11. The van der Waals surface area contributed by atoms with Gasteiger partial charge in [-0.15, -0.1) is 5.10 Å². The molecule has 2 aromatic rings. The van der Waals surface area contributed by atoms with Crippen LogP contribution in [0.1, 0.15) is 48.1 Å². The van der Waals surface area contributed by atoms with Gasteiger partial charge < -0.3 is 9.88 Å². The summed E-state index contributed by atoms with van der Waals surface area (Å²) in [6.45, 7) is 3.16. The second kappa shape index (κ2) is 5.25. The summed E-state index contributed by atoms with van der Waals surface area (Å²) in [5.74, 6) is 0.822. The Morgan fingerprint density at radius 3 is 3.04 bits per heavy atom. The maximum absolute atomic E-state index is 13.0. The van der Waals surface area contributed by atoms with Crippen LogP contribution in [0.25, 0.3) is 0 Å². The Morgan fingerprint density at radius 1 is 1.30 bits per heavy atom. The molecular formula is C14H17N7O2. The Bertz CT molecular complexity index is 825. The Morgan fingerprint density at radius 2 is 2.17 bits per heavy atom. The van der Waals surface area contributed by atoms with Crippen LogP contribution in [0.3, 0.4) is 0 Å². The van der Waals surface area contributed by atoms with Crippen molar-refractivity contribution in [2.24, 2.45) is 0 Å². The van der Waals surface area contributed by atoms with Crippen LogP contribution >= 0.6 is 0 Å². The monoisotopic (exact) mass is 315 g/mol. The number of nitrogens with one attached hydrogen (secondary N) is 1. The first-order valence-electron chi connectivity index (χ1n) is 7.77. The normalized spacial score (nSPS) is 20.0. The fourth-order valence-electron chi connectivity index (χ4n) is 3.36. The number of tetrazole rings is 1. The Balaban J connectivity index is 1.62. The average molecular weight is 315 g/mol. The van der Waals surface area contributed by atoms with Gasteiger partial charge in [0.15, 0.2) is 5.82 Å². The lowest BCUT2D eigenvalue weighted by atomic mass is 10.0. The highest BCUT2D eigenvalue weighted by atomic mass is 16.2. The lowest BCUT2D eigenvalue weighted by Crippen LogP contribution is -2.32. The van der Waals surface area contributed by atoms with Crippen LogP contribution in [0.4, 0.5) is 0 Å². The zero-order valence-corrected chi connectivity index (χ0v) is 12.8. The lowest BCUT2D eigenvalue weighted by molar-refractivity contribution is -0.133. The van der Waals surface area contributed by atoms with Gasteiger partial charge in [0.25, 0.3) is 5.56 Å². The van der Waals surface area contributed by atoms with Gasteiger partial charge in [-0.2, -0.15) is 0 Å². The fraction of sp³-hybridized carbons (Fsp3) is 0.571. The Hall–Kier alpha value is -2.58. The van der Waals surface area contributed by atoms with Gasteiger partial charge in [0.1, 0.15) is 5.82 Å². The fourth-order valence-corrected chi connectivity index (χ4v) is 3.36. The van der Waals surface area contributed by atoms with E-state index in [9.17, 15) is 9.59 Å². The van der Waals surface area contributed by atoms with E-state index in [-0.39, 0.29) is 17.4 Å². The van der Waals surface area contributed by atoms with Gasteiger partial charge >= 0.3 is 0 Å². The third-order valence-corrected chi connectivity index (χ3v) is 4.50. The molecule has 2 aliphatic heterocycles. The number of rotatable bonds is 1. The maximum Gasteiger partial charge on any atom is 0.256 e. The molecule has 0 unspecified atom stereocenters. The predicted octanol–water partition coefficient (Wildman–Crippen LogP) is -0.125. The van der Waals surface area contributed by atoms with Crippen molar-refractivity contribution in [3.05, 3.63) is 33.3 Å². The average Bonchev–Trinajstić information content (AvgIpc) is 3.09. The van der Waals surface area contributed by atoms with Crippen LogP contribution < -0.4 is 5.56 Å². The topological polar surface area (TPSA) is 110 Å². The number of aromatic amines is 1. The van der Waals surface area contributed by atoms with E-state index in [0.29, 0.717) is 36.0 Å². The third kappa shape index (κ3) is 2.32. The second-order valence-corrected chi connectivity index (χ2v) is 6.08. The SMILES string of the molecule is Cc1nc2c(c(=O)[nH]1)CN(C(=O)[C@H]1CCCCn3nnnc31)C2. The zero-order chi connectivity index (χ0) is 16.0. The summed E-state index contributed by atoms with van der Waals surface area (Å²) >= 11 is 0. The highest BCUT2D eigenvalue weighted by molar-refractivity contribution is 5.83. The first-order valence-corrected chi connectivity index (χ1v) is 7.77. The molecule has 9 heteroatoms. The standard InChI is InChI=1S/C14H17N7O2/c1-8-15-11-7-20(6-10(11)13(22)16-8)14(23)9-4-2-3-5-21-12(9)17-18-19-21/h9H,2-7H2,1H3,(H,15,16,22)/t9-/m0/s1. The zero-order valence-electron chi connectivity index (χ0n) is 12.8. The largest absolute Gasteiger partial charge is 0.332 e. The number of nitrogens with zero attached hydrogens (tertiary/aromatic N) is 6. The summed E-state index contributed by atoms with van der Waals surface area (Å²) in [6, 6.07) is 0. The molecule has 1 N–H and O–H groups in total.